The third kappa shape index (κ3) is 4.71. The second-order valence-corrected chi connectivity index (χ2v) is 6.26. The van der Waals surface area contributed by atoms with Crippen molar-refractivity contribution in [2.75, 3.05) is 18.4 Å². The fourth-order valence-electron chi connectivity index (χ4n) is 2.93. The van der Waals surface area contributed by atoms with Crippen LogP contribution in [0, 0.1) is 0 Å². The van der Waals surface area contributed by atoms with Gasteiger partial charge in [0.1, 0.15) is 5.82 Å². The molecule has 1 amide bonds. The zero-order chi connectivity index (χ0) is 18.6. The number of amides is 1. The van der Waals surface area contributed by atoms with E-state index in [1.165, 1.54) is 6.07 Å². The second-order valence-electron chi connectivity index (χ2n) is 6.26. The van der Waals surface area contributed by atoms with E-state index in [1.807, 2.05) is 30.3 Å². The van der Waals surface area contributed by atoms with Gasteiger partial charge in [-0.25, -0.2) is 0 Å². The molecule has 5 nitrogen and oxygen atoms in total. The van der Waals surface area contributed by atoms with Crippen LogP contribution < -0.4 is 5.32 Å². The first-order valence-corrected chi connectivity index (χ1v) is 8.41. The normalized spacial score (nSPS) is 17.3. The SMILES string of the molecule is O=C(CCc1ccccc1)N1CCC(Nc2ccc(C(F)(F)F)nn2)C1. The highest BCUT2D eigenvalue weighted by molar-refractivity contribution is 5.77. The minimum Gasteiger partial charge on any atom is -0.364 e. The molecular weight excluding hydrogens is 345 g/mol. The molecule has 0 saturated carbocycles. The van der Waals surface area contributed by atoms with Crippen molar-refractivity contribution in [1.29, 1.82) is 0 Å². The number of nitrogens with zero attached hydrogens (tertiary/aromatic N) is 3. The van der Waals surface area contributed by atoms with E-state index < -0.39 is 11.9 Å². The Kier molecular flexibility index (Phi) is 5.39. The van der Waals surface area contributed by atoms with Crippen LogP contribution in [0.15, 0.2) is 42.5 Å². The first kappa shape index (κ1) is 18.2. The van der Waals surface area contributed by atoms with E-state index in [4.69, 9.17) is 0 Å². The lowest BCUT2D eigenvalue weighted by molar-refractivity contribution is -0.141. The third-order valence-corrected chi connectivity index (χ3v) is 4.32. The van der Waals surface area contributed by atoms with Crippen molar-refractivity contribution in [3.8, 4) is 0 Å². The molecule has 1 unspecified atom stereocenters. The van der Waals surface area contributed by atoms with Crippen molar-refractivity contribution in [3.05, 3.63) is 53.7 Å². The van der Waals surface area contributed by atoms with Crippen LogP contribution in [0.1, 0.15) is 24.1 Å². The van der Waals surface area contributed by atoms with E-state index in [1.54, 1.807) is 4.90 Å². The number of halogens is 3. The van der Waals surface area contributed by atoms with Crippen molar-refractivity contribution < 1.29 is 18.0 Å². The Labute approximate surface area is 149 Å². The molecule has 0 spiro atoms. The summed E-state index contributed by atoms with van der Waals surface area (Å²) in [7, 11) is 0. The molecule has 138 valence electrons. The first-order valence-electron chi connectivity index (χ1n) is 8.41. The van der Waals surface area contributed by atoms with Crippen molar-refractivity contribution in [2.24, 2.45) is 0 Å². The number of carbonyl (C=O) groups excluding carboxylic acids is 1. The van der Waals surface area contributed by atoms with Gasteiger partial charge in [0.15, 0.2) is 5.69 Å². The van der Waals surface area contributed by atoms with E-state index in [0.29, 0.717) is 25.9 Å². The number of anilines is 1. The highest BCUT2D eigenvalue weighted by Gasteiger charge is 2.33. The maximum Gasteiger partial charge on any atom is 0.435 e. The molecule has 3 rings (SSSR count). The molecule has 26 heavy (non-hydrogen) atoms. The molecule has 1 saturated heterocycles. The van der Waals surface area contributed by atoms with Crippen molar-refractivity contribution in [2.45, 2.75) is 31.5 Å². The highest BCUT2D eigenvalue weighted by Crippen LogP contribution is 2.27. The molecule has 0 aliphatic carbocycles. The quantitative estimate of drug-likeness (QED) is 0.886. The van der Waals surface area contributed by atoms with Gasteiger partial charge < -0.3 is 10.2 Å². The summed E-state index contributed by atoms with van der Waals surface area (Å²) in [6.45, 7) is 1.13. The number of hydrogen-bond acceptors (Lipinski definition) is 4. The van der Waals surface area contributed by atoms with E-state index in [-0.39, 0.29) is 17.8 Å². The second kappa shape index (κ2) is 7.72. The smallest absolute Gasteiger partial charge is 0.364 e. The van der Waals surface area contributed by atoms with E-state index in [9.17, 15) is 18.0 Å². The van der Waals surface area contributed by atoms with Crippen molar-refractivity contribution >= 4 is 11.7 Å². The summed E-state index contributed by atoms with van der Waals surface area (Å²) in [6.07, 6.45) is -2.64. The first-order chi connectivity index (χ1) is 12.4. The lowest BCUT2D eigenvalue weighted by Crippen LogP contribution is -2.31. The zero-order valence-electron chi connectivity index (χ0n) is 14.0. The van der Waals surface area contributed by atoms with Gasteiger partial charge in [0.05, 0.1) is 0 Å². The number of aromatic nitrogens is 2. The van der Waals surface area contributed by atoms with Crippen LogP contribution in [0.2, 0.25) is 0 Å². The van der Waals surface area contributed by atoms with Crippen LogP contribution >= 0.6 is 0 Å². The monoisotopic (exact) mass is 364 g/mol. The average molecular weight is 364 g/mol. The van der Waals surface area contributed by atoms with Gasteiger partial charge in [0.2, 0.25) is 5.91 Å². The highest BCUT2D eigenvalue weighted by atomic mass is 19.4. The predicted molar refractivity (Wildman–Crippen MR) is 90.4 cm³/mol. The van der Waals surface area contributed by atoms with E-state index >= 15 is 0 Å². The van der Waals surface area contributed by atoms with Gasteiger partial charge in [-0.1, -0.05) is 30.3 Å². The molecule has 1 atom stereocenters. The summed E-state index contributed by atoms with van der Waals surface area (Å²) in [5.74, 6) is 0.359. The van der Waals surface area contributed by atoms with Crippen LogP contribution in [0.25, 0.3) is 0 Å². The Bertz CT molecular complexity index is 734. The summed E-state index contributed by atoms with van der Waals surface area (Å²) in [5, 5.41) is 9.80. The third-order valence-electron chi connectivity index (χ3n) is 4.32. The van der Waals surface area contributed by atoms with Crippen LogP contribution in [-0.4, -0.2) is 40.1 Å². The fraction of sp³-hybridized carbons (Fsp3) is 0.389. The van der Waals surface area contributed by atoms with E-state index in [2.05, 4.69) is 15.5 Å². The number of nitrogens with one attached hydrogen (secondary N) is 1. The van der Waals surface area contributed by atoms with Gasteiger partial charge in [0, 0.05) is 25.6 Å². The number of rotatable bonds is 5. The molecule has 1 N–H and O–H groups in total. The largest absolute Gasteiger partial charge is 0.435 e. The van der Waals surface area contributed by atoms with E-state index in [0.717, 1.165) is 18.1 Å². The van der Waals surface area contributed by atoms with Gasteiger partial charge in [-0.05, 0) is 30.5 Å². The minimum atomic E-state index is -4.50. The molecule has 0 radical (unpaired) electrons. The molecule has 0 bridgehead atoms. The summed E-state index contributed by atoms with van der Waals surface area (Å²) >= 11 is 0. The number of carbonyl (C=O) groups is 1. The number of aryl methyl sites for hydroxylation is 1. The number of likely N-dealkylation sites (tertiary alicyclic amines) is 1. The molecule has 1 aromatic heterocycles. The summed E-state index contributed by atoms with van der Waals surface area (Å²) in [6, 6.07) is 11.9. The average Bonchev–Trinajstić information content (AvgIpc) is 3.09. The maximum absolute atomic E-state index is 12.5. The maximum atomic E-state index is 12.5. The van der Waals surface area contributed by atoms with Gasteiger partial charge in [-0.3, -0.25) is 4.79 Å². The molecule has 8 heteroatoms. The van der Waals surface area contributed by atoms with Gasteiger partial charge in [-0.2, -0.15) is 13.2 Å². The van der Waals surface area contributed by atoms with Crippen molar-refractivity contribution in [1.82, 2.24) is 15.1 Å². The Morgan fingerprint density at radius 3 is 2.58 bits per heavy atom. The van der Waals surface area contributed by atoms with Crippen LogP contribution in [0.4, 0.5) is 19.0 Å². The fourth-order valence-corrected chi connectivity index (χ4v) is 2.93. The lowest BCUT2D eigenvalue weighted by atomic mass is 10.1. The predicted octanol–water partition coefficient (Wildman–Crippen LogP) is 3.14. The Morgan fingerprint density at radius 1 is 1.15 bits per heavy atom. The van der Waals surface area contributed by atoms with Gasteiger partial charge in [0.25, 0.3) is 0 Å². The zero-order valence-corrected chi connectivity index (χ0v) is 14.0. The van der Waals surface area contributed by atoms with Crippen LogP contribution in [0.5, 0.6) is 0 Å². The molecule has 1 aliphatic heterocycles. The lowest BCUT2D eigenvalue weighted by Gasteiger charge is -2.17. The summed E-state index contributed by atoms with van der Waals surface area (Å²) in [5.41, 5.74) is 0.0990. The number of benzene rings is 1. The molecule has 2 aromatic rings. The molecule has 1 fully saturated rings. The molecular formula is C18H19F3N4O. The number of hydrogen-bond donors (Lipinski definition) is 1. The Morgan fingerprint density at radius 2 is 1.92 bits per heavy atom. The molecule has 2 heterocycles. The Balaban J connectivity index is 1.48. The summed E-state index contributed by atoms with van der Waals surface area (Å²) < 4.78 is 37.5. The topological polar surface area (TPSA) is 58.1 Å². The number of alkyl halides is 3. The van der Waals surface area contributed by atoms with Crippen LogP contribution in [-0.2, 0) is 17.4 Å². The van der Waals surface area contributed by atoms with Gasteiger partial charge >= 0.3 is 6.18 Å². The minimum absolute atomic E-state index is 0.0401. The van der Waals surface area contributed by atoms with Crippen LogP contribution in [0.3, 0.4) is 0 Å². The summed E-state index contributed by atoms with van der Waals surface area (Å²) in [4.78, 5) is 14.1. The molecule has 1 aliphatic rings. The van der Waals surface area contributed by atoms with Crippen molar-refractivity contribution in [3.63, 3.8) is 0 Å². The Hall–Kier alpha value is -2.64. The standard InChI is InChI=1S/C18H19F3N4O/c19-18(20,21)15-7-8-16(24-23-15)22-14-10-11-25(12-14)17(26)9-6-13-4-2-1-3-5-13/h1-5,7-8,14H,6,9-12H2,(H,22,24). The molecule has 1 aromatic carbocycles. The van der Waals surface area contributed by atoms with Gasteiger partial charge in [-0.15, -0.1) is 10.2 Å².